The molecule has 0 bridgehead atoms. The van der Waals surface area contributed by atoms with Crippen LogP contribution >= 0.6 is 0 Å². The summed E-state index contributed by atoms with van der Waals surface area (Å²) in [7, 11) is 0.966. The fraction of sp³-hybridized carbons (Fsp3) is 0.125. The van der Waals surface area contributed by atoms with Gasteiger partial charge in [-0.3, -0.25) is 0 Å². The number of nitrogens with zero attached hydrogens (tertiary/aromatic N) is 8. The van der Waals surface area contributed by atoms with Gasteiger partial charge in [0.2, 0.25) is 0 Å². The summed E-state index contributed by atoms with van der Waals surface area (Å²) in [6.45, 7) is 3.30. The lowest BCUT2D eigenvalue weighted by molar-refractivity contribution is 0.453. The molecular formula is C16H12BF2N8O2. The molecule has 0 atom stereocenters. The van der Waals surface area contributed by atoms with Crippen molar-refractivity contribution in [3.05, 3.63) is 59.7 Å². The third-order valence-electron chi connectivity index (χ3n) is 3.91. The molecule has 2 aromatic heterocycles. The van der Waals surface area contributed by atoms with Crippen LogP contribution < -0.4 is 9.31 Å². The van der Waals surface area contributed by atoms with Crippen LogP contribution in [0.1, 0.15) is 11.6 Å². The molecule has 2 aromatic carbocycles. The van der Waals surface area contributed by atoms with Crippen LogP contribution in [0.25, 0.3) is 11.4 Å². The van der Waals surface area contributed by atoms with E-state index in [1.165, 1.54) is 33.6 Å². The molecule has 0 spiro atoms. The standard InChI is InChI=1S/C16H12BF2N8O2/c1-9-20-22-24-26(9)15-5-3-11(7-13(15)18)28-17-29-12-4-6-16(14(19)8-12)27-10(2)21-23-25-27/h3-8H,1-2H3. The van der Waals surface area contributed by atoms with E-state index >= 15 is 0 Å². The highest BCUT2D eigenvalue weighted by Gasteiger charge is 2.13. The summed E-state index contributed by atoms with van der Waals surface area (Å²) in [5.41, 5.74) is 0.354. The summed E-state index contributed by atoms with van der Waals surface area (Å²) >= 11 is 0. The van der Waals surface area contributed by atoms with Crippen LogP contribution in [0.5, 0.6) is 11.5 Å². The predicted molar refractivity (Wildman–Crippen MR) is 94.7 cm³/mol. The van der Waals surface area contributed by atoms with Crippen LogP contribution in [0.4, 0.5) is 8.78 Å². The van der Waals surface area contributed by atoms with E-state index in [0.717, 1.165) is 19.8 Å². The minimum atomic E-state index is -0.585. The molecule has 4 rings (SSSR count). The second-order valence-electron chi connectivity index (χ2n) is 5.83. The SMILES string of the molecule is Cc1nnnn1-c1ccc(O[B]Oc2ccc(-n3nnnc3C)c(F)c2)cc1F. The number of benzene rings is 2. The maximum atomic E-state index is 14.3. The van der Waals surface area contributed by atoms with Crippen molar-refractivity contribution < 1.29 is 18.1 Å². The molecule has 10 nitrogen and oxygen atoms in total. The van der Waals surface area contributed by atoms with E-state index in [9.17, 15) is 8.78 Å². The van der Waals surface area contributed by atoms with Crippen LogP contribution in [-0.2, 0) is 0 Å². The zero-order valence-corrected chi connectivity index (χ0v) is 15.2. The Labute approximate surface area is 163 Å². The number of hydrogen-bond donors (Lipinski definition) is 0. The molecule has 0 N–H and O–H groups in total. The van der Waals surface area contributed by atoms with E-state index in [2.05, 4.69) is 31.1 Å². The van der Waals surface area contributed by atoms with Gasteiger partial charge in [0.25, 0.3) is 0 Å². The first-order chi connectivity index (χ1) is 14.0. The Morgan fingerprint density at radius 2 is 1.21 bits per heavy atom. The van der Waals surface area contributed by atoms with Gasteiger partial charge in [-0.25, -0.2) is 8.78 Å². The van der Waals surface area contributed by atoms with E-state index in [4.69, 9.17) is 9.31 Å². The Kier molecular flexibility index (Phi) is 4.85. The lowest BCUT2D eigenvalue weighted by Crippen LogP contribution is -2.12. The van der Waals surface area contributed by atoms with Gasteiger partial charge in [0.15, 0.2) is 23.3 Å². The van der Waals surface area contributed by atoms with Crippen LogP contribution in [0.15, 0.2) is 36.4 Å². The first-order valence-corrected chi connectivity index (χ1v) is 8.28. The smallest absolute Gasteiger partial charge is 0.526 e. The maximum Gasteiger partial charge on any atom is 0.658 e. The van der Waals surface area contributed by atoms with Gasteiger partial charge in [-0.05, 0) is 59.0 Å². The quantitative estimate of drug-likeness (QED) is 0.451. The number of hydrogen-bond acceptors (Lipinski definition) is 8. The average Bonchev–Trinajstić information content (AvgIpc) is 3.30. The normalized spacial score (nSPS) is 10.8. The molecule has 0 saturated heterocycles. The van der Waals surface area contributed by atoms with Gasteiger partial charge in [-0.1, -0.05) is 0 Å². The van der Waals surface area contributed by atoms with E-state index in [0.29, 0.717) is 11.6 Å². The minimum absolute atomic E-state index is 0.177. The first kappa shape index (κ1) is 18.5. The van der Waals surface area contributed by atoms with E-state index in [1.54, 1.807) is 13.8 Å². The highest BCUT2D eigenvalue weighted by Crippen LogP contribution is 2.22. The lowest BCUT2D eigenvalue weighted by Gasteiger charge is -2.10. The number of halogens is 2. The van der Waals surface area contributed by atoms with E-state index < -0.39 is 11.6 Å². The lowest BCUT2D eigenvalue weighted by atomic mass is 10.2. The first-order valence-electron chi connectivity index (χ1n) is 8.28. The minimum Gasteiger partial charge on any atom is -0.526 e. The molecule has 0 aliphatic carbocycles. The van der Waals surface area contributed by atoms with E-state index in [-0.39, 0.29) is 22.9 Å². The highest BCUT2D eigenvalue weighted by molar-refractivity contribution is 6.20. The maximum absolute atomic E-state index is 14.3. The predicted octanol–water partition coefficient (Wildman–Crippen LogP) is 1.53. The Morgan fingerprint density at radius 3 is 1.55 bits per heavy atom. The zero-order valence-electron chi connectivity index (χ0n) is 15.2. The van der Waals surface area contributed by atoms with Crippen LogP contribution in [0, 0.1) is 25.5 Å². The Bertz CT molecular complexity index is 1080. The molecule has 145 valence electrons. The summed E-state index contributed by atoms with van der Waals surface area (Å²) in [6.07, 6.45) is 0. The van der Waals surface area contributed by atoms with Crippen LogP contribution in [0.3, 0.4) is 0 Å². The van der Waals surface area contributed by atoms with Crippen molar-refractivity contribution in [2.45, 2.75) is 13.8 Å². The second kappa shape index (κ2) is 7.62. The Hall–Kier alpha value is -3.90. The molecule has 0 amide bonds. The molecule has 0 aliphatic heterocycles. The average molecular weight is 397 g/mol. The number of rotatable bonds is 6. The van der Waals surface area contributed by atoms with Crippen LogP contribution in [0.2, 0.25) is 0 Å². The summed E-state index contributed by atoms with van der Waals surface area (Å²) in [5.74, 6) is 0.0680. The molecule has 13 heteroatoms. The summed E-state index contributed by atoms with van der Waals surface area (Å²) in [5, 5.41) is 21.8. The Balaban J connectivity index is 1.40. The Morgan fingerprint density at radius 1 is 0.759 bits per heavy atom. The van der Waals surface area contributed by atoms with E-state index in [1.807, 2.05) is 0 Å². The summed E-state index contributed by atoms with van der Waals surface area (Å²) < 4.78 is 41.6. The van der Waals surface area contributed by atoms with Crippen molar-refractivity contribution in [2.75, 3.05) is 0 Å². The molecule has 2 heterocycles. The largest absolute Gasteiger partial charge is 0.658 e. The highest BCUT2D eigenvalue weighted by atomic mass is 19.1. The molecular weight excluding hydrogens is 385 g/mol. The zero-order chi connectivity index (χ0) is 20.4. The number of aromatic nitrogens is 8. The second-order valence-corrected chi connectivity index (χ2v) is 5.83. The van der Waals surface area contributed by atoms with Crippen molar-refractivity contribution >= 4 is 7.69 Å². The fourth-order valence-corrected chi connectivity index (χ4v) is 2.51. The summed E-state index contributed by atoms with van der Waals surface area (Å²) in [6, 6.07) is 8.27. The van der Waals surface area contributed by atoms with Crippen molar-refractivity contribution in [3.8, 4) is 22.9 Å². The number of tetrazole rings is 2. The van der Waals surface area contributed by atoms with Gasteiger partial charge in [-0.2, -0.15) is 9.36 Å². The third-order valence-corrected chi connectivity index (χ3v) is 3.91. The van der Waals surface area contributed by atoms with Gasteiger partial charge in [0.1, 0.15) is 22.9 Å². The van der Waals surface area contributed by atoms with Crippen molar-refractivity contribution in [3.63, 3.8) is 0 Å². The third kappa shape index (κ3) is 3.74. The van der Waals surface area contributed by atoms with Gasteiger partial charge < -0.3 is 9.31 Å². The van der Waals surface area contributed by atoms with Gasteiger partial charge >= 0.3 is 7.69 Å². The molecule has 0 saturated carbocycles. The van der Waals surface area contributed by atoms with Crippen molar-refractivity contribution in [1.82, 2.24) is 40.4 Å². The molecule has 0 fully saturated rings. The fourth-order valence-electron chi connectivity index (χ4n) is 2.51. The van der Waals surface area contributed by atoms with Gasteiger partial charge in [0.05, 0.1) is 0 Å². The monoisotopic (exact) mass is 397 g/mol. The van der Waals surface area contributed by atoms with Crippen molar-refractivity contribution in [1.29, 1.82) is 0 Å². The topological polar surface area (TPSA) is 106 Å². The molecule has 0 aliphatic rings. The molecule has 4 aromatic rings. The van der Waals surface area contributed by atoms with Crippen LogP contribution in [-0.4, -0.2) is 48.1 Å². The molecule has 0 unspecified atom stereocenters. The van der Waals surface area contributed by atoms with Crippen molar-refractivity contribution in [2.24, 2.45) is 0 Å². The molecule has 29 heavy (non-hydrogen) atoms. The summed E-state index contributed by atoms with van der Waals surface area (Å²) in [4.78, 5) is 0. The number of aryl methyl sites for hydroxylation is 2. The molecule has 1 radical (unpaired) electrons. The van der Waals surface area contributed by atoms with Gasteiger partial charge in [0, 0.05) is 12.1 Å². The van der Waals surface area contributed by atoms with Gasteiger partial charge in [-0.15, -0.1) is 10.2 Å².